The first-order valence-corrected chi connectivity index (χ1v) is 12.0. The second-order valence-electron chi connectivity index (χ2n) is 8.85. The normalized spacial score (nSPS) is 24.2. The highest BCUT2D eigenvalue weighted by Crippen LogP contribution is 2.42. The Morgan fingerprint density at radius 1 is 1.00 bits per heavy atom. The molecule has 6 heteroatoms. The molecular formula is C30H32O6. The summed E-state index contributed by atoms with van der Waals surface area (Å²) in [6.07, 6.45) is -1.36. The predicted octanol–water partition coefficient (Wildman–Crippen LogP) is 4.72. The Bertz CT molecular complexity index is 1100. The van der Waals surface area contributed by atoms with Crippen LogP contribution >= 0.6 is 0 Å². The van der Waals surface area contributed by atoms with E-state index in [1.54, 1.807) is 30.3 Å². The lowest BCUT2D eigenvalue weighted by Crippen LogP contribution is -2.54. The number of carbonyl (C=O) groups is 1. The summed E-state index contributed by atoms with van der Waals surface area (Å²) in [5.74, 6) is -0.533. The van der Waals surface area contributed by atoms with E-state index in [4.69, 9.17) is 18.9 Å². The van der Waals surface area contributed by atoms with Crippen molar-refractivity contribution in [2.75, 3.05) is 7.11 Å². The summed E-state index contributed by atoms with van der Waals surface area (Å²) < 4.78 is 24.5. The molecule has 0 saturated carbocycles. The number of aliphatic hydroxyl groups is 1. The highest BCUT2D eigenvalue weighted by molar-refractivity contribution is 5.89. The van der Waals surface area contributed by atoms with Gasteiger partial charge in [0.15, 0.2) is 5.60 Å². The maximum Gasteiger partial charge on any atom is 0.338 e. The number of methoxy groups -OCH3 is 1. The summed E-state index contributed by atoms with van der Waals surface area (Å²) in [5.41, 5.74) is 0.926. The van der Waals surface area contributed by atoms with E-state index < -0.39 is 36.2 Å². The number of carbonyl (C=O) groups excluding carboxylic acids is 1. The average Bonchev–Trinajstić information content (AvgIpc) is 3.22. The Balaban J connectivity index is 1.68. The lowest BCUT2D eigenvalue weighted by atomic mass is 9.87. The third-order valence-corrected chi connectivity index (χ3v) is 6.37. The van der Waals surface area contributed by atoms with Crippen LogP contribution in [0.1, 0.15) is 27.9 Å². The maximum atomic E-state index is 13.2. The minimum atomic E-state index is -1.36. The van der Waals surface area contributed by atoms with Crippen molar-refractivity contribution in [1.82, 2.24) is 0 Å². The Hall–Kier alpha value is -3.29. The first-order valence-electron chi connectivity index (χ1n) is 12.0. The van der Waals surface area contributed by atoms with Crippen LogP contribution in [0.4, 0.5) is 0 Å². The van der Waals surface area contributed by atoms with E-state index in [2.05, 4.69) is 6.58 Å². The fraction of sp³-hybridized carbons (Fsp3) is 0.300. The lowest BCUT2D eigenvalue weighted by molar-refractivity contribution is -0.199. The Morgan fingerprint density at radius 2 is 1.58 bits per heavy atom. The van der Waals surface area contributed by atoms with Gasteiger partial charge in [-0.2, -0.15) is 0 Å². The summed E-state index contributed by atoms with van der Waals surface area (Å²) in [7, 11) is 1.49. The molecule has 1 aliphatic rings. The van der Waals surface area contributed by atoms with Gasteiger partial charge in [-0.15, -0.1) is 6.58 Å². The zero-order valence-corrected chi connectivity index (χ0v) is 20.4. The van der Waals surface area contributed by atoms with E-state index in [0.29, 0.717) is 12.0 Å². The molecule has 1 N–H and O–H groups in total. The van der Waals surface area contributed by atoms with Crippen molar-refractivity contribution in [1.29, 1.82) is 0 Å². The van der Waals surface area contributed by atoms with Gasteiger partial charge in [0, 0.05) is 20.0 Å². The van der Waals surface area contributed by atoms with E-state index in [1.165, 1.54) is 7.11 Å². The predicted molar refractivity (Wildman–Crippen MR) is 136 cm³/mol. The molecule has 188 valence electrons. The first-order chi connectivity index (χ1) is 17.6. The fourth-order valence-electron chi connectivity index (χ4n) is 4.65. The van der Waals surface area contributed by atoms with E-state index >= 15 is 0 Å². The van der Waals surface area contributed by atoms with Crippen molar-refractivity contribution < 1.29 is 28.8 Å². The molecule has 1 heterocycles. The standard InChI is InChI=1S/C30H32O6/c1-3-19-30(36-28(32)24-17-11-6-12-18-24)27(34-21-23-15-9-5-10-16-23)26(35-29(30)33-2)25(31)20-22-13-7-4-8-14-22/h3-18,25-27,29,31H,1,19-21H2,2H3/t25?,26-,27+,29+,30-/m1/s1. The average molecular weight is 489 g/mol. The second-order valence-corrected chi connectivity index (χ2v) is 8.85. The monoisotopic (exact) mass is 488 g/mol. The summed E-state index contributed by atoms with van der Waals surface area (Å²) in [6.45, 7) is 4.13. The summed E-state index contributed by atoms with van der Waals surface area (Å²) >= 11 is 0. The molecule has 0 radical (unpaired) electrons. The van der Waals surface area contributed by atoms with E-state index in [0.717, 1.165) is 11.1 Å². The number of benzene rings is 3. The molecule has 0 spiro atoms. The van der Waals surface area contributed by atoms with Crippen LogP contribution in [0.25, 0.3) is 0 Å². The van der Waals surface area contributed by atoms with Gasteiger partial charge in [0.25, 0.3) is 0 Å². The number of hydrogen-bond acceptors (Lipinski definition) is 6. The van der Waals surface area contributed by atoms with Crippen LogP contribution in [-0.4, -0.2) is 48.4 Å². The summed E-state index contributed by atoms with van der Waals surface area (Å²) in [4.78, 5) is 13.2. The van der Waals surface area contributed by atoms with Gasteiger partial charge in [-0.25, -0.2) is 4.79 Å². The Labute approximate surface area is 212 Å². The number of hydrogen-bond donors (Lipinski definition) is 1. The van der Waals surface area contributed by atoms with Gasteiger partial charge < -0.3 is 24.1 Å². The van der Waals surface area contributed by atoms with Crippen molar-refractivity contribution in [3.05, 3.63) is 120 Å². The van der Waals surface area contributed by atoms with Crippen molar-refractivity contribution in [2.24, 2.45) is 0 Å². The van der Waals surface area contributed by atoms with Crippen LogP contribution in [0, 0.1) is 0 Å². The van der Waals surface area contributed by atoms with Gasteiger partial charge in [0.1, 0.15) is 12.2 Å². The molecule has 1 aliphatic heterocycles. The van der Waals surface area contributed by atoms with Crippen LogP contribution in [-0.2, 0) is 32.0 Å². The minimum Gasteiger partial charge on any atom is -0.447 e. The zero-order valence-electron chi connectivity index (χ0n) is 20.4. The van der Waals surface area contributed by atoms with Crippen molar-refractivity contribution in [3.8, 4) is 0 Å². The van der Waals surface area contributed by atoms with Crippen LogP contribution in [0.5, 0.6) is 0 Å². The molecule has 6 nitrogen and oxygen atoms in total. The first kappa shape index (κ1) is 25.8. The number of esters is 1. The van der Waals surface area contributed by atoms with Crippen molar-refractivity contribution in [3.63, 3.8) is 0 Å². The Kier molecular flexibility index (Phi) is 8.67. The zero-order chi connectivity index (χ0) is 25.4. The Morgan fingerprint density at radius 3 is 2.17 bits per heavy atom. The van der Waals surface area contributed by atoms with E-state index in [-0.39, 0.29) is 13.0 Å². The molecule has 1 saturated heterocycles. The summed E-state index contributed by atoms with van der Waals surface area (Å²) in [6, 6.07) is 28.1. The largest absolute Gasteiger partial charge is 0.447 e. The number of rotatable bonds is 11. The fourth-order valence-corrected chi connectivity index (χ4v) is 4.65. The van der Waals surface area contributed by atoms with Crippen LogP contribution in [0.2, 0.25) is 0 Å². The molecule has 3 aromatic carbocycles. The second kappa shape index (κ2) is 12.1. The summed E-state index contributed by atoms with van der Waals surface area (Å²) in [5, 5.41) is 11.3. The van der Waals surface area contributed by atoms with Crippen LogP contribution in [0.15, 0.2) is 104 Å². The van der Waals surface area contributed by atoms with Gasteiger partial charge in [0.2, 0.25) is 6.29 Å². The molecular weight excluding hydrogens is 456 g/mol. The van der Waals surface area contributed by atoms with Gasteiger partial charge in [-0.05, 0) is 23.3 Å². The van der Waals surface area contributed by atoms with Crippen molar-refractivity contribution >= 4 is 5.97 Å². The molecule has 1 fully saturated rings. The molecule has 4 rings (SSSR count). The molecule has 5 atom stereocenters. The van der Waals surface area contributed by atoms with Gasteiger partial charge in [-0.3, -0.25) is 0 Å². The van der Waals surface area contributed by atoms with Crippen LogP contribution < -0.4 is 0 Å². The molecule has 3 aromatic rings. The van der Waals surface area contributed by atoms with Gasteiger partial charge in [-0.1, -0.05) is 84.9 Å². The molecule has 36 heavy (non-hydrogen) atoms. The van der Waals surface area contributed by atoms with Crippen molar-refractivity contribution in [2.45, 2.75) is 49.7 Å². The number of aliphatic hydroxyl groups excluding tert-OH is 1. The highest BCUT2D eigenvalue weighted by atomic mass is 16.7. The van der Waals surface area contributed by atoms with E-state index in [1.807, 2.05) is 66.7 Å². The SMILES string of the molecule is C=CC[C@]1(OC(=O)c2ccccc2)[C@@H](OC)O[C@H](C(O)Cc2ccccc2)[C@@H]1OCc1ccccc1. The van der Waals surface area contributed by atoms with Crippen LogP contribution in [0.3, 0.4) is 0 Å². The van der Waals surface area contributed by atoms with Gasteiger partial charge in [0.05, 0.1) is 18.3 Å². The number of ether oxygens (including phenoxy) is 4. The quantitative estimate of drug-likeness (QED) is 0.311. The lowest BCUT2D eigenvalue weighted by Gasteiger charge is -2.37. The smallest absolute Gasteiger partial charge is 0.338 e. The topological polar surface area (TPSA) is 74.2 Å². The molecule has 0 amide bonds. The third-order valence-electron chi connectivity index (χ3n) is 6.37. The van der Waals surface area contributed by atoms with Gasteiger partial charge >= 0.3 is 5.97 Å². The molecule has 0 aromatic heterocycles. The third kappa shape index (κ3) is 5.74. The molecule has 0 aliphatic carbocycles. The van der Waals surface area contributed by atoms with E-state index in [9.17, 15) is 9.90 Å². The molecule has 0 bridgehead atoms. The minimum absolute atomic E-state index is 0.206. The highest BCUT2D eigenvalue weighted by Gasteiger charge is 2.62. The maximum absolute atomic E-state index is 13.2. The molecule has 1 unspecified atom stereocenters.